The van der Waals surface area contributed by atoms with E-state index in [4.69, 9.17) is 4.74 Å². The summed E-state index contributed by atoms with van der Waals surface area (Å²) in [6.07, 6.45) is 2.03. The van der Waals surface area contributed by atoms with Gasteiger partial charge in [0.25, 0.3) is 0 Å². The highest BCUT2D eigenvalue weighted by Crippen LogP contribution is 2.16. The number of amides is 1. The topological polar surface area (TPSA) is 53.9 Å². The average Bonchev–Trinajstić information content (AvgIpc) is 3.09. The Bertz CT molecular complexity index is 647. The second kappa shape index (κ2) is 7.89. The largest absolute Gasteiger partial charge is 0.378 e. The fourth-order valence-corrected chi connectivity index (χ4v) is 3.09. The van der Waals surface area contributed by atoms with Crippen LogP contribution < -0.4 is 10.3 Å². The van der Waals surface area contributed by atoms with Gasteiger partial charge in [0.05, 0.1) is 25.8 Å². The number of nitrogens with zero attached hydrogens (tertiary/aromatic N) is 2. The Morgan fingerprint density at radius 2 is 2.04 bits per heavy atom. The van der Waals surface area contributed by atoms with Crippen LogP contribution in [0.4, 0.5) is 5.69 Å². The van der Waals surface area contributed by atoms with Gasteiger partial charge >= 0.3 is 0 Å². The maximum atomic E-state index is 11.7. The third-order valence-corrected chi connectivity index (χ3v) is 4.46. The molecule has 2 heterocycles. The van der Waals surface area contributed by atoms with Crippen molar-refractivity contribution >= 4 is 29.1 Å². The van der Waals surface area contributed by atoms with E-state index in [1.807, 2.05) is 29.6 Å². The fourth-order valence-electron chi connectivity index (χ4n) is 2.38. The molecular weight excluding hydrogens is 310 g/mol. The van der Waals surface area contributed by atoms with Crippen molar-refractivity contribution in [1.29, 1.82) is 0 Å². The summed E-state index contributed by atoms with van der Waals surface area (Å²) in [6.45, 7) is 3.40. The molecule has 120 valence electrons. The zero-order valence-electron chi connectivity index (χ0n) is 12.8. The van der Waals surface area contributed by atoms with Crippen LogP contribution in [0, 0.1) is 0 Å². The summed E-state index contributed by atoms with van der Waals surface area (Å²) in [4.78, 5) is 15.1. The van der Waals surface area contributed by atoms with E-state index in [0.717, 1.165) is 36.7 Å². The third-order valence-electron chi connectivity index (χ3n) is 3.59. The molecule has 0 unspecified atom stereocenters. The summed E-state index contributed by atoms with van der Waals surface area (Å²) in [6, 6.07) is 12.0. The second-order valence-corrected chi connectivity index (χ2v) is 6.27. The predicted molar refractivity (Wildman–Crippen MR) is 93.2 cm³/mol. The SMILES string of the molecule is O=C(Cc1cccs1)N/N=C\c1ccc(N2CCOCC2)cc1. The molecule has 23 heavy (non-hydrogen) atoms. The first-order valence-electron chi connectivity index (χ1n) is 7.58. The van der Waals surface area contributed by atoms with Crippen molar-refractivity contribution in [3.63, 3.8) is 0 Å². The van der Waals surface area contributed by atoms with E-state index in [-0.39, 0.29) is 5.91 Å². The molecule has 6 heteroatoms. The van der Waals surface area contributed by atoms with Gasteiger partial charge in [0.15, 0.2) is 0 Å². The minimum Gasteiger partial charge on any atom is -0.378 e. The van der Waals surface area contributed by atoms with Gasteiger partial charge < -0.3 is 9.64 Å². The number of rotatable bonds is 5. The Balaban J connectivity index is 1.50. The highest BCUT2D eigenvalue weighted by atomic mass is 32.1. The number of hydrogen-bond acceptors (Lipinski definition) is 5. The van der Waals surface area contributed by atoms with Crippen LogP contribution in [0.2, 0.25) is 0 Å². The number of anilines is 1. The van der Waals surface area contributed by atoms with E-state index >= 15 is 0 Å². The lowest BCUT2D eigenvalue weighted by molar-refractivity contribution is -0.120. The van der Waals surface area contributed by atoms with Crippen molar-refractivity contribution < 1.29 is 9.53 Å². The zero-order chi connectivity index (χ0) is 15.9. The van der Waals surface area contributed by atoms with E-state index in [1.54, 1.807) is 17.6 Å². The summed E-state index contributed by atoms with van der Waals surface area (Å²) >= 11 is 1.57. The number of ether oxygens (including phenoxy) is 1. The van der Waals surface area contributed by atoms with Crippen LogP contribution >= 0.6 is 11.3 Å². The number of benzene rings is 1. The smallest absolute Gasteiger partial charge is 0.245 e. The number of thiophene rings is 1. The molecule has 1 amide bonds. The zero-order valence-corrected chi connectivity index (χ0v) is 13.6. The van der Waals surface area contributed by atoms with E-state index in [1.165, 1.54) is 5.69 Å². The lowest BCUT2D eigenvalue weighted by Crippen LogP contribution is -2.36. The van der Waals surface area contributed by atoms with Crippen molar-refractivity contribution in [2.45, 2.75) is 6.42 Å². The van der Waals surface area contributed by atoms with Gasteiger partial charge in [0.2, 0.25) is 5.91 Å². The Labute approximate surface area is 139 Å². The van der Waals surface area contributed by atoms with Gasteiger partial charge in [-0.25, -0.2) is 5.43 Å². The Morgan fingerprint density at radius 1 is 1.26 bits per heavy atom. The summed E-state index contributed by atoms with van der Waals surface area (Å²) in [5, 5.41) is 5.97. The number of hydrazone groups is 1. The lowest BCUT2D eigenvalue weighted by atomic mass is 10.2. The van der Waals surface area contributed by atoms with Crippen LogP contribution in [0.3, 0.4) is 0 Å². The lowest BCUT2D eigenvalue weighted by Gasteiger charge is -2.28. The van der Waals surface area contributed by atoms with Crippen LogP contribution in [0.5, 0.6) is 0 Å². The van der Waals surface area contributed by atoms with Crippen molar-refractivity contribution in [3.05, 3.63) is 52.2 Å². The van der Waals surface area contributed by atoms with E-state index in [0.29, 0.717) is 6.42 Å². The quantitative estimate of drug-likeness (QED) is 0.676. The molecule has 5 nitrogen and oxygen atoms in total. The molecule has 0 aliphatic carbocycles. The molecule has 1 aliphatic heterocycles. The van der Waals surface area contributed by atoms with Crippen LogP contribution in [0.15, 0.2) is 46.9 Å². The average molecular weight is 329 g/mol. The van der Waals surface area contributed by atoms with Gasteiger partial charge in [-0.15, -0.1) is 11.3 Å². The number of carbonyl (C=O) groups excluding carboxylic acids is 1. The number of hydrogen-bond donors (Lipinski definition) is 1. The van der Waals surface area contributed by atoms with E-state index in [2.05, 4.69) is 27.6 Å². The summed E-state index contributed by atoms with van der Waals surface area (Å²) in [5.74, 6) is -0.103. The standard InChI is InChI=1S/C17H19N3O2S/c21-17(12-16-2-1-11-23-16)19-18-13-14-3-5-15(6-4-14)20-7-9-22-10-8-20/h1-6,11,13H,7-10,12H2,(H,19,21)/b18-13-. The van der Waals surface area contributed by atoms with Gasteiger partial charge in [-0.3, -0.25) is 4.79 Å². The van der Waals surface area contributed by atoms with Crippen LogP contribution in [0.1, 0.15) is 10.4 Å². The van der Waals surface area contributed by atoms with E-state index < -0.39 is 0 Å². The predicted octanol–water partition coefficient (Wildman–Crippen LogP) is 2.28. The third kappa shape index (κ3) is 4.64. The fraction of sp³-hybridized carbons (Fsp3) is 0.294. The molecule has 0 saturated carbocycles. The molecule has 1 N–H and O–H groups in total. The molecular formula is C17H19N3O2S. The first-order chi connectivity index (χ1) is 11.3. The van der Waals surface area contributed by atoms with E-state index in [9.17, 15) is 4.79 Å². The van der Waals surface area contributed by atoms with Crippen molar-refractivity contribution in [2.75, 3.05) is 31.2 Å². The molecule has 1 aliphatic rings. The molecule has 0 atom stereocenters. The van der Waals surface area contributed by atoms with Crippen LogP contribution in [-0.4, -0.2) is 38.4 Å². The molecule has 1 aromatic heterocycles. The molecule has 0 bridgehead atoms. The Hall–Kier alpha value is -2.18. The van der Waals surface area contributed by atoms with Gasteiger partial charge in [0, 0.05) is 23.7 Å². The highest BCUT2D eigenvalue weighted by molar-refractivity contribution is 7.10. The molecule has 0 spiro atoms. The minimum absolute atomic E-state index is 0.103. The number of carbonyl (C=O) groups is 1. The Kier molecular flexibility index (Phi) is 5.39. The van der Waals surface area contributed by atoms with Gasteiger partial charge in [0.1, 0.15) is 0 Å². The Morgan fingerprint density at radius 3 is 2.74 bits per heavy atom. The summed E-state index contributed by atoms with van der Waals surface area (Å²) in [5.41, 5.74) is 4.70. The normalized spacial score (nSPS) is 15.0. The summed E-state index contributed by atoms with van der Waals surface area (Å²) in [7, 11) is 0. The highest BCUT2D eigenvalue weighted by Gasteiger charge is 2.10. The number of nitrogens with one attached hydrogen (secondary N) is 1. The number of morpholine rings is 1. The second-order valence-electron chi connectivity index (χ2n) is 5.24. The monoisotopic (exact) mass is 329 g/mol. The maximum absolute atomic E-state index is 11.7. The minimum atomic E-state index is -0.103. The summed E-state index contributed by atoms with van der Waals surface area (Å²) < 4.78 is 5.36. The molecule has 0 radical (unpaired) electrons. The maximum Gasteiger partial charge on any atom is 0.245 e. The first kappa shape index (κ1) is 15.7. The molecule has 2 aromatic rings. The van der Waals surface area contributed by atoms with Gasteiger partial charge in [-0.2, -0.15) is 5.10 Å². The molecule has 3 rings (SSSR count). The van der Waals surface area contributed by atoms with Crippen molar-refractivity contribution in [2.24, 2.45) is 5.10 Å². The molecule has 1 fully saturated rings. The molecule has 1 aromatic carbocycles. The van der Waals surface area contributed by atoms with Gasteiger partial charge in [-0.05, 0) is 29.1 Å². The van der Waals surface area contributed by atoms with Crippen molar-refractivity contribution in [1.82, 2.24) is 5.43 Å². The first-order valence-corrected chi connectivity index (χ1v) is 8.46. The van der Waals surface area contributed by atoms with Gasteiger partial charge in [-0.1, -0.05) is 18.2 Å². The molecule has 1 saturated heterocycles. The van der Waals surface area contributed by atoms with Crippen LogP contribution in [-0.2, 0) is 16.0 Å². The van der Waals surface area contributed by atoms with Crippen molar-refractivity contribution in [3.8, 4) is 0 Å². The van der Waals surface area contributed by atoms with Crippen LogP contribution in [0.25, 0.3) is 0 Å².